The zero-order valence-electron chi connectivity index (χ0n) is 12.2. The van der Waals surface area contributed by atoms with Crippen LogP contribution in [0.1, 0.15) is 40.6 Å². The molecule has 23 heavy (non-hydrogen) atoms. The number of imidazole rings is 1. The number of aromatic carboxylic acids is 1. The molecule has 0 radical (unpaired) electrons. The highest BCUT2D eigenvalue weighted by Gasteiger charge is 2.23. The fourth-order valence-corrected chi connectivity index (χ4v) is 2.46. The molecule has 1 aliphatic carbocycles. The van der Waals surface area contributed by atoms with Crippen LogP contribution in [0.15, 0.2) is 36.8 Å². The maximum absolute atomic E-state index is 10.8. The van der Waals surface area contributed by atoms with Gasteiger partial charge in [0.25, 0.3) is 0 Å². The van der Waals surface area contributed by atoms with E-state index in [1.807, 2.05) is 16.7 Å². The van der Waals surface area contributed by atoms with E-state index in [0.717, 1.165) is 11.3 Å². The molecule has 0 saturated heterocycles. The largest absolute Gasteiger partial charge is 0.475 e. The average Bonchev–Trinajstić information content (AvgIpc) is 3.32. The Hall–Kier alpha value is -2.96. The van der Waals surface area contributed by atoms with Gasteiger partial charge < -0.3 is 14.2 Å². The third-order valence-corrected chi connectivity index (χ3v) is 3.76. The lowest BCUT2D eigenvalue weighted by Gasteiger charge is -2.02. The van der Waals surface area contributed by atoms with E-state index in [4.69, 9.17) is 9.84 Å². The maximum atomic E-state index is 10.8. The van der Waals surface area contributed by atoms with Crippen LogP contribution in [-0.2, 0) is 6.61 Å². The Morgan fingerprint density at radius 1 is 1.26 bits per heavy atom. The van der Waals surface area contributed by atoms with Gasteiger partial charge in [-0.2, -0.15) is 4.98 Å². The number of pyridine rings is 1. The van der Waals surface area contributed by atoms with Gasteiger partial charge in [-0.3, -0.25) is 0 Å². The van der Waals surface area contributed by atoms with Crippen molar-refractivity contribution in [3.05, 3.63) is 53.9 Å². The van der Waals surface area contributed by atoms with E-state index >= 15 is 0 Å². The first-order valence-electron chi connectivity index (χ1n) is 7.36. The SMILES string of the molecule is O=C(O)c1nccc(OCc2cn3cc(C4CC4)ccc3n2)n1. The summed E-state index contributed by atoms with van der Waals surface area (Å²) in [7, 11) is 0. The number of ether oxygens (including phenoxy) is 1. The van der Waals surface area contributed by atoms with E-state index in [9.17, 15) is 4.79 Å². The van der Waals surface area contributed by atoms with Gasteiger partial charge in [0.1, 0.15) is 12.3 Å². The smallest absolute Gasteiger partial charge is 0.374 e. The highest BCUT2D eigenvalue weighted by molar-refractivity contribution is 5.83. The van der Waals surface area contributed by atoms with Crippen LogP contribution in [0.2, 0.25) is 0 Å². The van der Waals surface area contributed by atoms with Crippen molar-refractivity contribution >= 4 is 11.6 Å². The van der Waals surface area contributed by atoms with Crippen molar-refractivity contribution in [3.8, 4) is 5.88 Å². The van der Waals surface area contributed by atoms with Gasteiger partial charge in [-0.1, -0.05) is 6.07 Å². The molecule has 1 N–H and O–H groups in total. The van der Waals surface area contributed by atoms with E-state index in [-0.39, 0.29) is 18.3 Å². The lowest BCUT2D eigenvalue weighted by molar-refractivity contribution is 0.0681. The molecule has 0 unspecified atom stereocenters. The molecule has 0 amide bonds. The summed E-state index contributed by atoms with van der Waals surface area (Å²) in [4.78, 5) is 22.8. The van der Waals surface area contributed by atoms with Gasteiger partial charge >= 0.3 is 5.97 Å². The van der Waals surface area contributed by atoms with Crippen molar-refractivity contribution in [2.45, 2.75) is 25.4 Å². The number of hydrogen-bond acceptors (Lipinski definition) is 5. The van der Waals surface area contributed by atoms with E-state index < -0.39 is 5.97 Å². The molecule has 3 aromatic rings. The maximum Gasteiger partial charge on any atom is 0.374 e. The van der Waals surface area contributed by atoms with Crippen LogP contribution in [0.4, 0.5) is 0 Å². The molecular formula is C16H14N4O3. The van der Waals surface area contributed by atoms with Crippen molar-refractivity contribution in [1.29, 1.82) is 0 Å². The summed E-state index contributed by atoms with van der Waals surface area (Å²) >= 11 is 0. The Morgan fingerprint density at radius 2 is 2.13 bits per heavy atom. The summed E-state index contributed by atoms with van der Waals surface area (Å²) in [6.07, 6.45) is 7.90. The van der Waals surface area contributed by atoms with Crippen LogP contribution in [0.5, 0.6) is 5.88 Å². The summed E-state index contributed by atoms with van der Waals surface area (Å²) in [5, 5.41) is 8.87. The van der Waals surface area contributed by atoms with Crippen molar-refractivity contribution in [2.24, 2.45) is 0 Å². The second-order valence-corrected chi connectivity index (χ2v) is 5.55. The van der Waals surface area contributed by atoms with E-state index in [0.29, 0.717) is 5.92 Å². The Kier molecular flexibility index (Phi) is 3.18. The summed E-state index contributed by atoms with van der Waals surface area (Å²) in [5.74, 6) is -0.563. The number of rotatable bonds is 5. The zero-order valence-corrected chi connectivity index (χ0v) is 12.2. The monoisotopic (exact) mass is 310 g/mol. The molecule has 1 aliphatic rings. The van der Waals surface area contributed by atoms with Gasteiger partial charge in [0, 0.05) is 24.7 Å². The minimum absolute atomic E-state index is 0.216. The predicted molar refractivity (Wildman–Crippen MR) is 80.5 cm³/mol. The number of nitrogens with zero attached hydrogens (tertiary/aromatic N) is 4. The number of fused-ring (bicyclic) bond motifs is 1. The summed E-state index contributed by atoms with van der Waals surface area (Å²) in [5.41, 5.74) is 2.96. The standard InChI is InChI=1S/C16H14N4O3/c21-16(22)15-17-6-5-14(19-15)23-9-12-8-20-7-11(10-1-2-10)3-4-13(20)18-12/h3-8,10H,1-2,9H2,(H,21,22). The van der Waals surface area contributed by atoms with Gasteiger partial charge in [-0.25, -0.2) is 14.8 Å². The molecule has 3 aromatic heterocycles. The molecule has 0 aromatic carbocycles. The Bertz CT molecular complexity index is 886. The molecule has 4 rings (SSSR count). The van der Waals surface area contributed by atoms with Gasteiger partial charge in [0.2, 0.25) is 11.7 Å². The van der Waals surface area contributed by atoms with Gasteiger partial charge in [-0.15, -0.1) is 0 Å². The Labute approximate surface area is 131 Å². The van der Waals surface area contributed by atoms with E-state index in [2.05, 4.69) is 27.2 Å². The minimum Gasteiger partial charge on any atom is -0.475 e. The topological polar surface area (TPSA) is 89.6 Å². The van der Waals surface area contributed by atoms with Crippen molar-refractivity contribution < 1.29 is 14.6 Å². The lowest BCUT2D eigenvalue weighted by atomic mass is 10.2. The number of hydrogen-bond donors (Lipinski definition) is 1. The fraction of sp³-hybridized carbons (Fsp3) is 0.250. The Morgan fingerprint density at radius 3 is 2.91 bits per heavy atom. The lowest BCUT2D eigenvalue weighted by Crippen LogP contribution is -2.05. The summed E-state index contributed by atoms with van der Waals surface area (Å²) in [6.45, 7) is 0.219. The van der Waals surface area contributed by atoms with Crippen LogP contribution < -0.4 is 4.74 Å². The second kappa shape index (κ2) is 5.35. The molecule has 7 nitrogen and oxygen atoms in total. The number of carboxylic acids is 1. The molecule has 0 spiro atoms. The number of aromatic nitrogens is 4. The quantitative estimate of drug-likeness (QED) is 0.777. The second-order valence-electron chi connectivity index (χ2n) is 5.55. The minimum atomic E-state index is -1.18. The number of carbonyl (C=O) groups is 1. The highest BCUT2D eigenvalue weighted by Crippen LogP contribution is 2.39. The normalized spacial score (nSPS) is 14.1. The van der Waals surface area contributed by atoms with Crippen LogP contribution in [0, 0.1) is 0 Å². The molecule has 0 bridgehead atoms. The average molecular weight is 310 g/mol. The molecule has 0 atom stereocenters. The van der Waals surface area contributed by atoms with Gasteiger partial charge in [0.05, 0.1) is 5.69 Å². The summed E-state index contributed by atoms with van der Waals surface area (Å²) < 4.78 is 7.51. The third-order valence-electron chi connectivity index (χ3n) is 3.76. The van der Waals surface area contributed by atoms with Crippen LogP contribution in [-0.4, -0.2) is 30.4 Å². The summed E-state index contributed by atoms with van der Waals surface area (Å²) in [6, 6.07) is 5.64. The fourth-order valence-electron chi connectivity index (χ4n) is 2.46. The van der Waals surface area contributed by atoms with E-state index in [1.54, 1.807) is 0 Å². The molecule has 7 heteroatoms. The van der Waals surface area contributed by atoms with Gasteiger partial charge in [-0.05, 0) is 30.4 Å². The molecule has 3 heterocycles. The molecule has 116 valence electrons. The molecule has 0 aliphatic heterocycles. The van der Waals surface area contributed by atoms with Crippen molar-refractivity contribution in [3.63, 3.8) is 0 Å². The first-order chi connectivity index (χ1) is 11.2. The third kappa shape index (κ3) is 2.85. The van der Waals surface area contributed by atoms with Crippen molar-refractivity contribution in [1.82, 2.24) is 19.4 Å². The first-order valence-corrected chi connectivity index (χ1v) is 7.36. The Balaban J connectivity index is 1.51. The molecular weight excluding hydrogens is 296 g/mol. The van der Waals surface area contributed by atoms with Gasteiger partial charge in [0.15, 0.2) is 0 Å². The van der Waals surface area contributed by atoms with E-state index in [1.165, 1.54) is 30.7 Å². The molecule has 1 fully saturated rings. The predicted octanol–water partition coefficient (Wildman–Crippen LogP) is 2.28. The zero-order chi connectivity index (χ0) is 15.8. The van der Waals surface area contributed by atoms with Crippen molar-refractivity contribution in [2.75, 3.05) is 0 Å². The van der Waals surface area contributed by atoms with Crippen LogP contribution in [0.3, 0.4) is 0 Å². The van der Waals surface area contributed by atoms with Crippen LogP contribution >= 0.6 is 0 Å². The molecule has 1 saturated carbocycles. The highest BCUT2D eigenvalue weighted by atomic mass is 16.5. The first kappa shape index (κ1) is 13.7. The number of carboxylic acid groups (broad SMARTS) is 1. The van der Waals surface area contributed by atoms with Crippen LogP contribution in [0.25, 0.3) is 5.65 Å².